The SMILES string of the molecule is CCCC1CN(Cc2cnc(N)s2)CCO1. The molecule has 0 amide bonds. The van der Waals surface area contributed by atoms with Crippen LogP contribution in [0.3, 0.4) is 0 Å². The lowest BCUT2D eigenvalue weighted by atomic mass is 10.1. The first-order chi connectivity index (χ1) is 7.78. The fourth-order valence-corrected chi connectivity index (χ4v) is 2.76. The highest BCUT2D eigenvalue weighted by Gasteiger charge is 2.20. The van der Waals surface area contributed by atoms with Crippen molar-refractivity contribution >= 4 is 16.5 Å². The van der Waals surface area contributed by atoms with E-state index in [-0.39, 0.29) is 0 Å². The Hall–Kier alpha value is -0.650. The molecule has 1 unspecified atom stereocenters. The zero-order valence-electron chi connectivity index (χ0n) is 9.69. The van der Waals surface area contributed by atoms with Crippen molar-refractivity contribution in [3.05, 3.63) is 11.1 Å². The maximum absolute atomic E-state index is 5.71. The molecule has 1 fully saturated rings. The molecule has 0 saturated carbocycles. The number of rotatable bonds is 4. The number of aromatic nitrogens is 1. The maximum atomic E-state index is 5.71. The summed E-state index contributed by atoms with van der Waals surface area (Å²) in [5.41, 5.74) is 5.62. The Labute approximate surface area is 100 Å². The fraction of sp³-hybridized carbons (Fsp3) is 0.727. The first-order valence-electron chi connectivity index (χ1n) is 5.82. The van der Waals surface area contributed by atoms with E-state index in [4.69, 9.17) is 10.5 Å². The first-order valence-corrected chi connectivity index (χ1v) is 6.63. The molecule has 1 aromatic heterocycles. The van der Waals surface area contributed by atoms with Crippen molar-refractivity contribution in [1.29, 1.82) is 0 Å². The second-order valence-corrected chi connectivity index (χ2v) is 5.33. The zero-order chi connectivity index (χ0) is 11.4. The van der Waals surface area contributed by atoms with Crippen molar-refractivity contribution in [1.82, 2.24) is 9.88 Å². The number of morpholine rings is 1. The Kier molecular flexibility index (Phi) is 4.15. The van der Waals surface area contributed by atoms with Gasteiger partial charge in [0.15, 0.2) is 5.13 Å². The molecule has 4 nitrogen and oxygen atoms in total. The summed E-state index contributed by atoms with van der Waals surface area (Å²) in [6, 6.07) is 0. The average molecular weight is 241 g/mol. The third-order valence-electron chi connectivity index (χ3n) is 2.78. The van der Waals surface area contributed by atoms with Crippen molar-refractivity contribution in [3.8, 4) is 0 Å². The predicted molar refractivity (Wildman–Crippen MR) is 66.5 cm³/mol. The number of nitrogens with zero attached hydrogens (tertiary/aromatic N) is 2. The van der Waals surface area contributed by atoms with E-state index in [0.717, 1.165) is 32.7 Å². The summed E-state index contributed by atoms with van der Waals surface area (Å²) < 4.78 is 5.71. The molecule has 2 rings (SSSR count). The summed E-state index contributed by atoms with van der Waals surface area (Å²) in [4.78, 5) is 7.75. The van der Waals surface area contributed by atoms with Crippen LogP contribution in [-0.4, -0.2) is 35.7 Å². The Balaban J connectivity index is 1.85. The van der Waals surface area contributed by atoms with Crippen LogP contribution < -0.4 is 5.73 Å². The van der Waals surface area contributed by atoms with E-state index < -0.39 is 0 Å². The minimum atomic E-state index is 0.406. The third-order valence-corrected chi connectivity index (χ3v) is 3.60. The topological polar surface area (TPSA) is 51.4 Å². The van der Waals surface area contributed by atoms with Crippen LogP contribution in [0.2, 0.25) is 0 Å². The Morgan fingerprint density at radius 2 is 2.56 bits per heavy atom. The molecule has 5 heteroatoms. The molecule has 0 bridgehead atoms. The van der Waals surface area contributed by atoms with Crippen LogP contribution in [-0.2, 0) is 11.3 Å². The molecule has 1 aliphatic rings. The van der Waals surface area contributed by atoms with Gasteiger partial charge in [0, 0.05) is 30.7 Å². The largest absolute Gasteiger partial charge is 0.376 e. The van der Waals surface area contributed by atoms with Crippen molar-refractivity contribution in [2.24, 2.45) is 0 Å². The molecule has 2 N–H and O–H groups in total. The minimum Gasteiger partial charge on any atom is -0.376 e. The van der Waals surface area contributed by atoms with E-state index in [2.05, 4.69) is 16.8 Å². The number of anilines is 1. The molecule has 0 aromatic carbocycles. The zero-order valence-corrected chi connectivity index (χ0v) is 10.5. The van der Waals surface area contributed by atoms with Gasteiger partial charge >= 0.3 is 0 Å². The molecule has 1 atom stereocenters. The Morgan fingerprint density at radius 3 is 3.25 bits per heavy atom. The van der Waals surface area contributed by atoms with Gasteiger partial charge in [0.1, 0.15) is 0 Å². The lowest BCUT2D eigenvalue weighted by molar-refractivity contribution is -0.0347. The first kappa shape index (κ1) is 11.8. The molecule has 0 spiro atoms. The highest BCUT2D eigenvalue weighted by Crippen LogP contribution is 2.19. The van der Waals surface area contributed by atoms with Gasteiger partial charge in [-0.15, -0.1) is 11.3 Å². The number of thiazole rings is 1. The number of ether oxygens (including phenoxy) is 1. The quantitative estimate of drug-likeness (QED) is 0.872. The minimum absolute atomic E-state index is 0.406. The molecule has 2 heterocycles. The van der Waals surface area contributed by atoms with Gasteiger partial charge in [-0.1, -0.05) is 13.3 Å². The van der Waals surface area contributed by atoms with Crippen molar-refractivity contribution < 1.29 is 4.74 Å². The van der Waals surface area contributed by atoms with Gasteiger partial charge in [0.2, 0.25) is 0 Å². The van der Waals surface area contributed by atoms with Gasteiger partial charge in [-0.05, 0) is 6.42 Å². The molecule has 0 aliphatic carbocycles. The van der Waals surface area contributed by atoms with Crippen molar-refractivity contribution in [3.63, 3.8) is 0 Å². The Bertz CT molecular complexity index is 327. The fourth-order valence-electron chi connectivity index (χ4n) is 2.04. The number of nitrogens with two attached hydrogens (primary N) is 1. The van der Waals surface area contributed by atoms with Gasteiger partial charge < -0.3 is 10.5 Å². The van der Waals surface area contributed by atoms with Crippen LogP contribution in [0.4, 0.5) is 5.13 Å². The van der Waals surface area contributed by atoms with Gasteiger partial charge in [0.05, 0.1) is 12.7 Å². The van der Waals surface area contributed by atoms with Gasteiger partial charge in [-0.3, -0.25) is 4.90 Å². The summed E-state index contributed by atoms with van der Waals surface area (Å²) in [7, 11) is 0. The van der Waals surface area contributed by atoms with E-state index in [1.54, 1.807) is 11.3 Å². The molecule has 1 aliphatic heterocycles. The van der Waals surface area contributed by atoms with E-state index in [1.807, 2.05) is 6.20 Å². The van der Waals surface area contributed by atoms with Crippen LogP contribution in [0.15, 0.2) is 6.20 Å². The molecular formula is C11H19N3OS. The van der Waals surface area contributed by atoms with Crippen molar-refractivity contribution in [2.45, 2.75) is 32.4 Å². The highest BCUT2D eigenvalue weighted by atomic mass is 32.1. The smallest absolute Gasteiger partial charge is 0.180 e. The predicted octanol–water partition coefficient (Wildman–Crippen LogP) is 1.73. The molecule has 1 aromatic rings. The van der Waals surface area contributed by atoms with Crippen LogP contribution >= 0.6 is 11.3 Å². The molecular weight excluding hydrogens is 222 g/mol. The van der Waals surface area contributed by atoms with Gasteiger partial charge in [0.25, 0.3) is 0 Å². The summed E-state index contributed by atoms with van der Waals surface area (Å²) in [5.74, 6) is 0. The lowest BCUT2D eigenvalue weighted by Crippen LogP contribution is -2.41. The maximum Gasteiger partial charge on any atom is 0.180 e. The van der Waals surface area contributed by atoms with Gasteiger partial charge in [-0.25, -0.2) is 4.98 Å². The van der Waals surface area contributed by atoms with Crippen LogP contribution in [0.5, 0.6) is 0 Å². The monoisotopic (exact) mass is 241 g/mol. The molecule has 0 radical (unpaired) electrons. The molecule has 16 heavy (non-hydrogen) atoms. The van der Waals surface area contributed by atoms with Gasteiger partial charge in [-0.2, -0.15) is 0 Å². The molecule has 90 valence electrons. The van der Waals surface area contributed by atoms with E-state index in [0.29, 0.717) is 11.2 Å². The second kappa shape index (κ2) is 5.61. The van der Waals surface area contributed by atoms with Crippen LogP contribution in [0.25, 0.3) is 0 Å². The van der Waals surface area contributed by atoms with Crippen LogP contribution in [0, 0.1) is 0 Å². The normalized spacial score (nSPS) is 22.4. The highest BCUT2D eigenvalue weighted by molar-refractivity contribution is 7.15. The Morgan fingerprint density at radius 1 is 1.69 bits per heavy atom. The van der Waals surface area contributed by atoms with E-state index in [9.17, 15) is 0 Å². The summed E-state index contributed by atoms with van der Waals surface area (Å²) in [6.45, 7) is 6.05. The molecule has 1 saturated heterocycles. The summed E-state index contributed by atoms with van der Waals surface area (Å²) in [5, 5.41) is 0.661. The van der Waals surface area contributed by atoms with E-state index in [1.165, 1.54) is 11.3 Å². The van der Waals surface area contributed by atoms with Crippen LogP contribution in [0.1, 0.15) is 24.6 Å². The average Bonchev–Trinajstić information content (AvgIpc) is 2.65. The van der Waals surface area contributed by atoms with Crippen molar-refractivity contribution in [2.75, 3.05) is 25.4 Å². The van der Waals surface area contributed by atoms with E-state index >= 15 is 0 Å². The third kappa shape index (κ3) is 3.17. The summed E-state index contributed by atoms with van der Waals surface area (Å²) in [6.07, 6.45) is 4.63. The lowest BCUT2D eigenvalue weighted by Gasteiger charge is -2.32. The number of hydrogen-bond acceptors (Lipinski definition) is 5. The second-order valence-electron chi connectivity index (χ2n) is 4.18. The number of nitrogen functional groups attached to an aromatic ring is 1. The summed E-state index contributed by atoms with van der Waals surface area (Å²) >= 11 is 1.58. The number of hydrogen-bond donors (Lipinski definition) is 1. The standard InChI is InChI=1S/C11H19N3OS/c1-2-3-9-7-14(4-5-15-9)8-10-6-13-11(12)16-10/h6,9H,2-5,7-8H2,1H3,(H2,12,13).